The molecule has 3 rings (SSSR count). The average Bonchev–Trinajstić information content (AvgIpc) is 2.41. The molecule has 0 bridgehead atoms. The highest BCUT2D eigenvalue weighted by Crippen LogP contribution is 2.35. The summed E-state index contributed by atoms with van der Waals surface area (Å²) in [5, 5.41) is 1.57. The standard InChI is InChI=1S/C14H17N3S/c15-13-14(18-10-6-2-1-3-7-10)17-12-9-5-4-8-11(12)16-13/h4-5,8-10H,1-3,6-7H2,(H2,15,16). The molecule has 0 radical (unpaired) electrons. The van der Waals surface area contributed by atoms with E-state index in [0.717, 1.165) is 16.1 Å². The van der Waals surface area contributed by atoms with Crippen LogP contribution < -0.4 is 5.73 Å². The number of anilines is 1. The van der Waals surface area contributed by atoms with E-state index >= 15 is 0 Å². The van der Waals surface area contributed by atoms with E-state index in [9.17, 15) is 0 Å². The van der Waals surface area contributed by atoms with Crippen LogP contribution in [0, 0.1) is 0 Å². The molecule has 0 spiro atoms. The number of rotatable bonds is 2. The van der Waals surface area contributed by atoms with Gasteiger partial charge < -0.3 is 5.73 Å². The molecule has 1 heterocycles. The third-order valence-electron chi connectivity index (χ3n) is 3.39. The SMILES string of the molecule is Nc1nc2ccccc2nc1SC1CCCCC1. The van der Waals surface area contributed by atoms with Crippen molar-refractivity contribution in [2.24, 2.45) is 0 Å². The second-order valence-electron chi connectivity index (χ2n) is 4.78. The Balaban J connectivity index is 1.88. The zero-order valence-electron chi connectivity index (χ0n) is 10.3. The predicted molar refractivity (Wildman–Crippen MR) is 76.7 cm³/mol. The van der Waals surface area contributed by atoms with E-state index < -0.39 is 0 Å². The van der Waals surface area contributed by atoms with E-state index in [1.54, 1.807) is 0 Å². The summed E-state index contributed by atoms with van der Waals surface area (Å²) in [6.45, 7) is 0. The number of thioether (sulfide) groups is 1. The smallest absolute Gasteiger partial charge is 0.156 e. The highest BCUT2D eigenvalue weighted by Gasteiger charge is 2.17. The molecule has 18 heavy (non-hydrogen) atoms. The zero-order chi connectivity index (χ0) is 12.4. The molecule has 1 aliphatic rings. The molecular weight excluding hydrogens is 242 g/mol. The lowest BCUT2D eigenvalue weighted by molar-refractivity contribution is 0.516. The first-order valence-electron chi connectivity index (χ1n) is 6.52. The lowest BCUT2D eigenvalue weighted by atomic mass is 10.0. The van der Waals surface area contributed by atoms with Gasteiger partial charge in [0.1, 0.15) is 5.03 Å². The molecule has 0 atom stereocenters. The molecule has 2 aromatic rings. The lowest BCUT2D eigenvalue weighted by Crippen LogP contribution is -2.09. The van der Waals surface area contributed by atoms with Crippen LogP contribution in [0.15, 0.2) is 29.3 Å². The van der Waals surface area contributed by atoms with Gasteiger partial charge in [0.2, 0.25) is 0 Å². The predicted octanol–water partition coefficient (Wildman–Crippen LogP) is 3.64. The molecule has 3 nitrogen and oxygen atoms in total. The van der Waals surface area contributed by atoms with Crippen molar-refractivity contribution in [2.75, 3.05) is 5.73 Å². The largest absolute Gasteiger partial charge is 0.381 e. The number of nitrogens with two attached hydrogens (primary N) is 1. The van der Waals surface area contributed by atoms with Gasteiger partial charge in [0.05, 0.1) is 11.0 Å². The van der Waals surface area contributed by atoms with Gasteiger partial charge in [0, 0.05) is 5.25 Å². The van der Waals surface area contributed by atoms with Crippen LogP contribution in [-0.2, 0) is 0 Å². The molecule has 1 saturated carbocycles. The van der Waals surface area contributed by atoms with Crippen molar-refractivity contribution >= 4 is 28.6 Å². The Bertz CT molecular complexity index is 550. The van der Waals surface area contributed by atoms with E-state index in [-0.39, 0.29) is 0 Å². The first-order valence-corrected chi connectivity index (χ1v) is 7.40. The van der Waals surface area contributed by atoms with Gasteiger partial charge in [-0.1, -0.05) is 43.2 Å². The number of nitrogen functional groups attached to an aromatic ring is 1. The van der Waals surface area contributed by atoms with Crippen LogP contribution in [0.3, 0.4) is 0 Å². The van der Waals surface area contributed by atoms with Crippen molar-refractivity contribution in [2.45, 2.75) is 42.4 Å². The van der Waals surface area contributed by atoms with Crippen LogP contribution in [-0.4, -0.2) is 15.2 Å². The van der Waals surface area contributed by atoms with Gasteiger partial charge in [0.15, 0.2) is 5.82 Å². The Morgan fingerprint density at radius 1 is 1.00 bits per heavy atom. The minimum atomic E-state index is 0.573. The fraction of sp³-hybridized carbons (Fsp3) is 0.429. The van der Waals surface area contributed by atoms with Crippen LogP contribution >= 0.6 is 11.8 Å². The average molecular weight is 259 g/mol. The third-order valence-corrected chi connectivity index (χ3v) is 4.72. The minimum absolute atomic E-state index is 0.573. The second kappa shape index (κ2) is 5.14. The van der Waals surface area contributed by atoms with Crippen LogP contribution in [0.25, 0.3) is 11.0 Å². The molecule has 94 valence electrons. The van der Waals surface area contributed by atoms with Gasteiger partial charge in [-0.25, -0.2) is 9.97 Å². The first-order chi connectivity index (χ1) is 8.83. The van der Waals surface area contributed by atoms with E-state index in [1.165, 1.54) is 32.1 Å². The van der Waals surface area contributed by atoms with Crippen molar-refractivity contribution in [3.63, 3.8) is 0 Å². The number of fused-ring (bicyclic) bond motifs is 1. The Labute approximate surface area is 111 Å². The number of hydrogen-bond donors (Lipinski definition) is 1. The maximum atomic E-state index is 6.01. The molecule has 1 aliphatic carbocycles. The highest BCUT2D eigenvalue weighted by molar-refractivity contribution is 8.00. The van der Waals surface area contributed by atoms with E-state index in [1.807, 2.05) is 36.0 Å². The number of hydrogen-bond acceptors (Lipinski definition) is 4. The normalized spacial score (nSPS) is 17.1. The summed E-state index contributed by atoms with van der Waals surface area (Å²) < 4.78 is 0. The summed E-state index contributed by atoms with van der Waals surface area (Å²) in [6, 6.07) is 7.90. The van der Waals surface area contributed by atoms with Crippen molar-refractivity contribution in [3.8, 4) is 0 Å². The molecule has 1 aromatic carbocycles. The van der Waals surface area contributed by atoms with Gasteiger partial charge in [-0.15, -0.1) is 0 Å². The van der Waals surface area contributed by atoms with Crippen molar-refractivity contribution in [1.29, 1.82) is 0 Å². The van der Waals surface area contributed by atoms with Crippen molar-refractivity contribution in [1.82, 2.24) is 9.97 Å². The second-order valence-corrected chi connectivity index (χ2v) is 6.07. The lowest BCUT2D eigenvalue weighted by Gasteiger charge is -2.20. The van der Waals surface area contributed by atoms with Crippen molar-refractivity contribution in [3.05, 3.63) is 24.3 Å². The molecule has 0 amide bonds. The maximum absolute atomic E-state index is 6.01. The summed E-state index contributed by atoms with van der Waals surface area (Å²) in [5.74, 6) is 0.573. The fourth-order valence-corrected chi connectivity index (χ4v) is 3.63. The Hall–Kier alpha value is -1.29. The van der Waals surface area contributed by atoms with Gasteiger partial charge in [-0.2, -0.15) is 0 Å². The molecule has 1 aromatic heterocycles. The Kier molecular flexibility index (Phi) is 3.37. The van der Waals surface area contributed by atoms with Crippen molar-refractivity contribution < 1.29 is 0 Å². The minimum Gasteiger partial charge on any atom is -0.381 e. The monoisotopic (exact) mass is 259 g/mol. The van der Waals surface area contributed by atoms with Crippen LogP contribution in [0.4, 0.5) is 5.82 Å². The number of benzene rings is 1. The van der Waals surface area contributed by atoms with Gasteiger partial charge in [-0.05, 0) is 25.0 Å². The zero-order valence-corrected chi connectivity index (χ0v) is 11.1. The number of aromatic nitrogens is 2. The molecule has 2 N–H and O–H groups in total. The topological polar surface area (TPSA) is 51.8 Å². The molecular formula is C14H17N3S. The molecule has 0 saturated heterocycles. The quantitative estimate of drug-likeness (QED) is 0.894. The molecule has 4 heteroatoms. The first kappa shape index (κ1) is 11.8. The molecule has 0 unspecified atom stereocenters. The van der Waals surface area contributed by atoms with Crippen LogP contribution in [0.5, 0.6) is 0 Å². The van der Waals surface area contributed by atoms with Gasteiger partial charge >= 0.3 is 0 Å². The van der Waals surface area contributed by atoms with E-state index in [4.69, 9.17) is 5.73 Å². The summed E-state index contributed by atoms with van der Waals surface area (Å²) >= 11 is 1.81. The van der Waals surface area contributed by atoms with Crippen LogP contribution in [0.1, 0.15) is 32.1 Å². The van der Waals surface area contributed by atoms with E-state index in [0.29, 0.717) is 11.1 Å². The maximum Gasteiger partial charge on any atom is 0.156 e. The summed E-state index contributed by atoms with van der Waals surface area (Å²) in [5.41, 5.74) is 7.82. The summed E-state index contributed by atoms with van der Waals surface area (Å²) in [4.78, 5) is 9.08. The Morgan fingerprint density at radius 2 is 1.67 bits per heavy atom. The van der Waals surface area contributed by atoms with Crippen LogP contribution in [0.2, 0.25) is 0 Å². The summed E-state index contributed by atoms with van der Waals surface area (Å²) in [7, 11) is 0. The third kappa shape index (κ3) is 2.43. The van der Waals surface area contributed by atoms with Gasteiger partial charge in [0.25, 0.3) is 0 Å². The van der Waals surface area contributed by atoms with E-state index in [2.05, 4.69) is 9.97 Å². The molecule has 1 fully saturated rings. The Morgan fingerprint density at radius 3 is 2.39 bits per heavy atom. The fourth-order valence-electron chi connectivity index (χ4n) is 2.43. The highest BCUT2D eigenvalue weighted by atomic mass is 32.2. The summed E-state index contributed by atoms with van der Waals surface area (Å²) in [6.07, 6.45) is 6.59. The van der Waals surface area contributed by atoms with Gasteiger partial charge in [-0.3, -0.25) is 0 Å². The molecule has 0 aliphatic heterocycles. The number of nitrogens with zero attached hydrogens (tertiary/aromatic N) is 2. The number of para-hydroxylation sites is 2.